The van der Waals surface area contributed by atoms with E-state index in [1.54, 1.807) is 25.2 Å². The van der Waals surface area contributed by atoms with Gasteiger partial charge in [0.1, 0.15) is 0 Å². The van der Waals surface area contributed by atoms with Crippen LogP contribution >= 0.6 is 11.3 Å². The van der Waals surface area contributed by atoms with Crippen LogP contribution in [-0.4, -0.2) is 24.1 Å². The van der Waals surface area contributed by atoms with Crippen LogP contribution in [0.3, 0.4) is 0 Å². The fourth-order valence-electron chi connectivity index (χ4n) is 1.32. The lowest BCUT2D eigenvalue weighted by atomic mass is 9.94. The lowest BCUT2D eigenvalue weighted by Crippen LogP contribution is -2.43. The number of carbonyl (C=O) groups is 1. The number of nitrogens with two attached hydrogens (primary N) is 1. The lowest BCUT2D eigenvalue weighted by Gasteiger charge is -2.21. The molecule has 0 saturated heterocycles. The Bertz CT molecular complexity index is 377. The van der Waals surface area contributed by atoms with Gasteiger partial charge in [-0.3, -0.25) is 10.2 Å². The van der Waals surface area contributed by atoms with Crippen LogP contribution in [0, 0.1) is 12.3 Å². The van der Waals surface area contributed by atoms with Crippen molar-refractivity contribution in [2.45, 2.75) is 27.2 Å². The molecule has 1 aromatic rings. The molecule has 1 aromatic heterocycles. The minimum atomic E-state index is -0.600. The Morgan fingerprint density at radius 3 is 2.88 bits per heavy atom. The normalized spacial score (nSPS) is 11.5. The van der Waals surface area contributed by atoms with Gasteiger partial charge in [-0.05, 0) is 20.8 Å². The summed E-state index contributed by atoms with van der Waals surface area (Å²) in [5.74, 6) is 4.88. The van der Waals surface area contributed by atoms with Crippen LogP contribution in [-0.2, 0) is 16.0 Å². The molecule has 0 spiro atoms. The first kappa shape index (κ1) is 14.1. The summed E-state index contributed by atoms with van der Waals surface area (Å²) in [5, 5.41) is 0. The number of hydrazine groups is 1. The Labute approximate surface area is 105 Å². The highest BCUT2D eigenvalue weighted by atomic mass is 32.1. The van der Waals surface area contributed by atoms with Crippen molar-refractivity contribution in [3.63, 3.8) is 0 Å². The van der Waals surface area contributed by atoms with Crippen molar-refractivity contribution in [1.29, 1.82) is 0 Å². The van der Waals surface area contributed by atoms with Crippen LogP contribution in [0.2, 0.25) is 0 Å². The second-order valence-corrected chi connectivity index (χ2v) is 5.46. The van der Waals surface area contributed by atoms with E-state index in [2.05, 4.69) is 10.4 Å². The molecule has 0 aromatic carbocycles. The second-order valence-electron chi connectivity index (χ2n) is 4.52. The Hall–Kier alpha value is -0.980. The zero-order chi connectivity index (χ0) is 12.9. The van der Waals surface area contributed by atoms with E-state index in [0.717, 1.165) is 12.1 Å². The van der Waals surface area contributed by atoms with Gasteiger partial charge in [0.2, 0.25) is 5.91 Å². The van der Waals surface area contributed by atoms with Crippen molar-refractivity contribution < 1.29 is 9.53 Å². The molecular weight excluding hydrogens is 238 g/mol. The minimum Gasteiger partial charge on any atom is -0.380 e. The molecule has 0 aliphatic heterocycles. The van der Waals surface area contributed by atoms with Crippen LogP contribution in [0.1, 0.15) is 24.4 Å². The quantitative estimate of drug-likeness (QED) is 0.345. The summed E-state index contributed by atoms with van der Waals surface area (Å²) in [6, 6.07) is 0. The standard InChI is InChI=1S/C11H19N3O2S/c1-8-9(17-7-13-8)4-5-16-6-11(2,3)10(15)14-12/h7H,4-6,12H2,1-3H3,(H,14,15). The van der Waals surface area contributed by atoms with Gasteiger partial charge in [-0.2, -0.15) is 0 Å². The number of nitrogens with zero attached hydrogens (tertiary/aromatic N) is 1. The third kappa shape index (κ3) is 4.07. The van der Waals surface area contributed by atoms with Crippen molar-refractivity contribution in [2.75, 3.05) is 13.2 Å². The second kappa shape index (κ2) is 6.09. The highest BCUT2D eigenvalue weighted by Gasteiger charge is 2.27. The first-order valence-corrected chi connectivity index (χ1v) is 6.33. The lowest BCUT2D eigenvalue weighted by molar-refractivity contribution is -0.132. The van der Waals surface area contributed by atoms with Crippen molar-refractivity contribution in [2.24, 2.45) is 11.3 Å². The van der Waals surface area contributed by atoms with E-state index < -0.39 is 5.41 Å². The number of nitrogens with one attached hydrogen (secondary N) is 1. The third-order valence-electron chi connectivity index (χ3n) is 2.53. The van der Waals surface area contributed by atoms with Gasteiger partial charge in [-0.1, -0.05) is 0 Å². The zero-order valence-electron chi connectivity index (χ0n) is 10.4. The van der Waals surface area contributed by atoms with E-state index in [4.69, 9.17) is 10.6 Å². The fourth-order valence-corrected chi connectivity index (χ4v) is 2.08. The number of hydrogen-bond donors (Lipinski definition) is 2. The number of thiazole rings is 1. The van der Waals surface area contributed by atoms with Crippen LogP contribution in [0.4, 0.5) is 0 Å². The van der Waals surface area contributed by atoms with Gasteiger partial charge in [0.05, 0.1) is 29.8 Å². The van der Waals surface area contributed by atoms with Gasteiger partial charge in [0, 0.05) is 11.3 Å². The molecule has 5 nitrogen and oxygen atoms in total. The predicted octanol–water partition coefficient (Wildman–Crippen LogP) is 1.03. The van der Waals surface area contributed by atoms with Gasteiger partial charge in [0.25, 0.3) is 0 Å². The van der Waals surface area contributed by atoms with E-state index in [0.29, 0.717) is 13.2 Å². The molecule has 0 saturated carbocycles. The Morgan fingerprint density at radius 1 is 1.65 bits per heavy atom. The number of carbonyl (C=O) groups excluding carboxylic acids is 1. The van der Waals surface area contributed by atoms with Gasteiger partial charge in [-0.15, -0.1) is 11.3 Å². The van der Waals surface area contributed by atoms with Crippen molar-refractivity contribution in [3.05, 3.63) is 16.1 Å². The van der Waals surface area contributed by atoms with Crippen LogP contribution in [0.15, 0.2) is 5.51 Å². The van der Waals surface area contributed by atoms with Crippen LogP contribution in [0.25, 0.3) is 0 Å². The van der Waals surface area contributed by atoms with Crippen LogP contribution < -0.4 is 11.3 Å². The molecule has 0 aliphatic rings. The Morgan fingerprint density at radius 2 is 2.35 bits per heavy atom. The molecule has 0 atom stereocenters. The number of rotatable bonds is 6. The Balaban J connectivity index is 2.29. The summed E-state index contributed by atoms with van der Waals surface area (Å²) in [7, 11) is 0. The van der Waals surface area contributed by atoms with E-state index in [1.165, 1.54) is 4.88 Å². The predicted molar refractivity (Wildman–Crippen MR) is 67.5 cm³/mol. The summed E-state index contributed by atoms with van der Waals surface area (Å²) in [4.78, 5) is 16.8. The summed E-state index contributed by atoms with van der Waals surface area (Å²) in [6.07, 6.45) is 0.830. The molecule has 0 fully saturated rings. The Kier molecular flexibility index (Phi) is 5.04. The van der Waals surface area contributed by atoms with E-state index in [9.17, 15) is 4.79 Å². The summed E-state index contributed by atoms with van der Waals surface area (Å²) < 4.78 is 5.51. The van der Waals surface area contributed by atoms with E-state index >= 15 is 0 Å². The fraction of sp³-hybridized carbons (Fsp3) is 0.636. The third-order valence-corrected chi connectivity index (χ3v) is 3.52. The summed E-state index contributed by atoms with van der Waals surface area (Å²) in [6.45, 7) is 6.52. The SMILES string of the molecule is Cc1ncsc1CCOCC(C)(C)C(=O)NN. The number of hydrogen-bond acceptors (Lipinski definition) is 5. The van der Waals surface area contributed by atoms with Crippen molar-refractivity contribution in [3.8, 4) is 0 Å². The molecule has 0 aliphatic carbocycles. The van der Waals surface area contributed by atoms with Gasteiger partial charge >= 0.3 is 0 Å². The van der Waals surface area contributed by atoms with Gasteiger partial charge in [-0.25, -0.2) is 10.8 Å². The molecule has 1 amide bonds. The average Bonchev–Trinajstić information content (AvgIpc) is 2.69. The molecule has 17 heavy (non-hydrogen) atoms. The summed E-state index contributed by atoms with van der Waals surface area (Å²) >= 11 is 1.63. The molecule has 0 radical (unpaired) electrons. The van der Waals surface area contributed by atoms with Crippen molar-refractivity contribution >= 4 is 17.2 Å². The number of ether oxygens (including phenoxy) is 1. The highest BCUT2D eigenvalue weighted by molar-refractivity contribution is 7.09. The molecule has 1 heterocycles. The molecule has 0 bridgehead atoms. The number of aromatic nitrogens is 1. The number of aryl methyl sites for hydroxylation is 1. The van der Waals surface area contributed by atoms with Crippen LogP contribution in [0.5, 0.6) is 0 Å². The van der Waals surface area contributed by atoms with Gasteiger partial charge < -0.3 is 4.74 Å². The molecule has 3 N–H and O–H groups in total. The topological polar surface area (TPSA) is 77.2 Å². The maximum Gasteiger partial charge on any atom is 0.241 e. The monoisotopic (exact) mass is 257 g/mol. The van der Waals surface area contributed by atoms with E-state index in [1.807, 2.05) is 12.4 Å². The van der Waals surface area contributed by atoms with E-state index in [-0.39, 0.29) is 5.91 Å². The van der Waals surface area contributed by atoms with Gasteiger partial charge in [0.15, 0.2) is 0 Å². The summed E-state index contributed by atoms with van der Waals surface area (Å²) in [5.41, 5.74) is 4.43. The largest absolute Gasteiger partial charge is 0.380 e. The van der Waals surface area contributed by atoms with Crippen molar-refractivity contribution in [1.82, 2.24) is 10.4 Å². The maximum absolute atomic E-state index is 11.4. The number of amides is 1. The molecule has 96 valence electrons. The molecular formula is C11H19N3O2S. The first-order chi connectivity index (χ1) is 7.97. The smallest absolute Gasteiger partial charge is 0.241 e. The molecule has 6 heteroatoms. The first-order valence-electron chi connectivity index (χ1n) is 5.45. The highest BCUT2D eigenvalue weighted by Crippen LogP contribution is 2.16. The molecule has 0 unspecified atom stereocenters. The average molecular weight is 257 g/mol. The zero-order valence-corrected chi connectivity index (χ0v) is 11.3. The molecule has 1 rings (SSSR count). The minimum absolute atomic E-state index is 0.216. The maximum atomic E-state index is 11.4.